The highest BCUT2D eigenvalue weighted by molar-refractivity contribution is 6.32. The topological polar surface area (TPSA) is 42.0 Å². The predicted molar refractivity (Wildman–Crippen MR) is 74.8 cm³/mol. The summed E-state index contributed by atoms with van der Waals surface area (Å²) < 4.78 is 0. The van der Waals surface area contributed by atoms with Crippen molar-refractivity contribution in [2.75, 3.05) is 6.54 Å². The summed E-state index contributed by atoms with van der Waals surface area (Å²) in [6.45, 7) is 4.56. The monoisotopic (exact) mass is 264 g/mol. The molecule has 0 aromatic carbocycles. The molecule has 1 amide bonds. The first kappa shape index (κ1) is 14.5. The van der Waals surface area contributed by atoms with Gasteiger partial charge in [-0.3, -0.25) is 4.79 Å². The lowest BCUT2D eigenvalue weighted by Gasteiger charge is -2.03. The molecule has 0 aliphatic heterocycles. The van der Waals surface area contributed by atoms with Crippen LogP contribution in [0.4, 0.5) is 0 Å². The van der Waals surface area contributed by atoms with Crippen LogP contribution in [0.2, 0.25) is 5.15 Å². The number of amides is 1. The Morgan fingerprint density at radius 2 is 2.33 bits per heavy atom. The van der Waals surface area contributed by atoms with Gasteiger partial charge in [-0.05, 0) is 25.5 Å². The summed E-state index contributed by atoms with van der Waals surface area (Å²) in [7, 11) is 0. The number of hydrogen-bond acceptors (Lipinski definition) is 2. The summed E-state index contributed by atoms with van der Waals surface area (Å²) in [5.41, 5.74) is 1.64. The molecule has 3 nitrogen and oxygen atoms in total. The molecule has 0 radical (unpaired) electrons. The molecule has 0 saturated heterocycles. The minimum Gasteiger partial charge on any atom is -0.348 e. The van der Waals surface area contributed by atoms with Crippen molar-refractivity contribution < 1.29 is 4.79 Å². The van der Waals surface area contributed by atoms with Gasteiger partial charge in [0.1, 0.15) is 5.15 Å². The quantitative estimate of drug-likeness (QED) is 0.654. The molecule has 0 saturated carbocycles. The molecule has 0 atom stereocenters. The second kappa shape index (κ2) is 7.67. The Labute approximate surface area is 113 Å². The number of halogens is 1. The van der Waals surface area contributed by atoms with Gasteiger partial charge in [-0.1, -0.05) is 42.3 Å². The van der Waals surface area contributed by atoms with Crippen LogP contribution in [0, 0.1) is 0 Å². The Morgan fingerprint density at radius 3 is 2.94 bits per heavy atom. The standard InChI is InChI=1S/C14H17ClN2O/c1-3-11(4-2)7-5-10-17-14(18)12-8-6-9-16-13(12)15/h3,5-9H,4,10H2,1-2H3,(H,17,18)/b7-5-,11-3+. The van der Waals surface area contributed by atoms with E-state index in [1.807, 2.05) is 19.1 Å². The molecule has 1 N–H and O–H groups in total. The first-order valence-electron chi connectivity index (χ1n) is 5.89. The molecule has 1 aromatic rings. The van der Waals surface area contributed by atoms with Crippen molar-refractivity contribution in [3.05, 3.63) is 52.8 Å². The summed E-state index contributed by atoms with van der Waals surface area (Å²) in [5, 5.41) is 2.99. The zero-order valence-corrected chi connectivity index (χ0v) is 11.4. The van der Waals surface area contributed by atoms with Crippen LogP contribution in [0.25, 0.3) is 0 Å². The first-order chi connectivity index (χ1) is 8.69. The number of rotatable bonds is 5. The van der Waals surface area contributed by atoms with Crippen LogP contribution in [-0.2, 0) is 0 Å². The van der Waals surface area contributed by atoms with Gasteiger partial charge in [0.15, 0.2) is 0 Å². The Balaban J connectivity index is 2.50. The first-order valence-corrected chi connectivity index (χ1v) is 6.27. The number of allylic oxidation sites excluding steroid dienone is 3. The van der Waals surface area contributed by atoms with Crippen LogP contribution < -0.4 is 5.32 Å². The van der Waals surface area contributed by atoms with Crippen molar-refractivity contribution in [3.8, 4) is 0 Å². The maximum atomic E-state index is 11.8. The summed E-state index contributed by atoms with van der Waals surface area (Å²) in [6, 6.07) is 3.34. The molecule has 0 fully saturated rings. The molecule has 0 aliphatic carbocycles. The van der Waals surface area contributed by atoms with Crippen LogP contribution in [0.5, 0.6) is 0 Å². The van der Waals surface area contributed by atoms with E-state index in [2.05, 4.69) is 23.3 Å². The molecular formula is C14H17ClN2O. The van der Waals surface area contributed by atoms with Gasteiger partial charge in [-0.15, -0.1) is 0 Å². The number of nitrogens with one attached hydrogen (secondary N) is 1. The number of pyridine rings is 1. The van der Waals surface area contributed by atoms with Crippen LogP contribution in [-0.4, -0.2) is 17.4 Å². The molecule has 0 aliphatic rings. The van der Waals surface area contributed by atoms with Crippen molar-refractivity contribution in [1.82, 2.24) is 10.3 Å². The second-order valence-corrected chi connectivity index (χ2v) is 4.03. The maximum absolute atomic E-state index is 11.8. The lowest BCUT2D eigenvalue weighted by atomic mass is 10.2. The van der Waals surface area contributed by atoms with Gasteiger partial charge >= 0.3 is 0 Å². The molecule has 1 rings (SSSR count). The van der Waals surface area contributed by atoms with Crippen molar-refractivity contribution in [3.63, 3.8) is 0 Å². The van der Waals surface area contributed by atoms with E-state index in [1.54, 1.807) is 18.3 Å². The van der Waals surface area contributed by atoms with Gasteiger partial charge < -0.3 is 5.32 Å². The Hall–Kier alpha value is -1.61. The average Bonchev–Trinajstić information content (AvgIpc) is 2.39. The van der Waals surface area contributed by atoms with E-state index in [0.717, 1.165) is 6.42 Å². The fourth-order valence-electron chi connectivity index (χ4n) is 1.43. The van der Waals surface area contributed by atoms with E-state index < -0.39 is 0 Å². The lowest BCUT2D eigenvalue weighted by molar-refractivity contribution is 0.0958. The van der Waals surface area contributed by atoms with Crippen LogP contribution in [0.3, 0.4) is 0 Å². The van der Waals surface area contributed by atoms with E-state index in [0.29, 0.717) is 12.1 Å². The van der Waals surface area contributed by atoms with Gasteiger partial charge in [0.25, 0.3) is 5.91 Å². The van der Waals surface area contributed by atoms with Crippen molar-refractivity contribution in [1.29, 1.82) is 0 Å². The highest BCUT2D eigenvalue weighted by Gasteiger charge is 2.08. The summed E-state index contributed by atoms with van der Waals surface area (Å²) in [4.78, 5) is 15.6. The molecular weight excluding hydrogens is 248 g/mol. The number of aromatic nitrogens is 1. The van der Waals surface area contributed by atoms with Crippen LogP contribution >= 0.6 is 11.6 Å². The Morgan fingerprint density at radius 1 is 1.56 bits per heavy atom. The fraction of sp³-hybridized carbons (Fsp3) is 0.286. The fourth-order valence-corrected chi connectivity index (χ4v) is 1.64. The highest BCUT2D eigenvalue weighted by Crippen LogP contribution is 2.10. The molecule has 18 heavy (non-hydrogen) atoms. The predicted octanol–water partition coefficient (Wildman–Crippen LogP) is 3.38. The third-order valence-corrected chi connectivity index (χ3v) is 2.80. The second-order valence-electron chi connectivity index (χ2n) is 3.67. The van der Waals surface area contributed by atoms with Gasteiger partial charge in [0, 0.05) is 12.7 Å². The molecule has 96 valence electrons. The average molecular weight is 265 g/mol. The normalized spacial score (nSPS) is 11.8. The van der Waals surface area contributed by atoms with Gasteiger partial charge in [-0.25, -0.2) is 4.98 Å². The highest BCUT2D eigenvalue weighted by atomic mass is 35.5. The Kier molecular flexibility index (Phi) is 6.15. The molecule has 4 heteroatoms. The third kappa shape index (κ3) is 4.34. The van der Waals surface area contributed by atoms with E-state index in [1.165, 1.54) is 5.57 Å². The lowest BCUT2D eigenvalue weighted by Crippen LogP contribution is -2.23. The zero-order valence-electron chi connectivity index (χ0n) is 10.6. The SMILES string of the molecule is C/C=C(/C=C\CNC(=O)c1cccnc1Cl)CC. The maximum Gasteiger partial charge on any atom is 0.254 e. The number of hydrogen-bond donors (Lipinski definition) is 1. The molecule has 1 aromatic heterocycles. The van der Waals surface area contributed by atoms with Gasteiger partial charge in [0.2, 0.25) is 0 Å². The molecule has 0 bridgehead atoms. The smallest absolute Gasteiger partial charge is 0.254 e. The summed E-state index contributed by atoms with van der Waals surface area (Å²) >= 11 is 5.83. The molecule has 1 heterocycles. The minimum atomic E-state index is -0.212. The Bertz CT molecular complexity index is 467. The van der Waals surface area contributed by atoms with Gasteiger partial charge in [-0.2, -0.15) is 0 Å². The molecule has 0 unspecified atom stereocenters. The summed E-state index contributed by atoms with van der Waals surface area (Å²) in [5.74, 6) is -0.212. The third-order valence-electron chi connectivity index (χ3n) is 2.50. The number of nitrogens with zero attached hydrogens (tertiary/aromatic N) is 1. The number of carbonyl (C=O) groups is 1. The largest absolute Gasteiger partial charge is 0.348 e. The number of carbonyl (C=O) groups excluding carboxylic acids is 1. The van der Waals surface area contributed by atoms with Gasteiger partial charge in [0.05, 0.1) is 5.56 Å². The van der Waals surface area contributed by atoms with E-state index >= 15 is 0 Å². The van der Waals surface area contributed by atoms with Crippen LogP contribution in [0.1, 0.15) is 30.6 Å². The zero-order chi connectivity index (χ0) is 13.4. The van der Waals surface area contributed by atoms with Crippen molar-refractivity contribution in [2.24, 2.45) is 0 Å². The van der Waals surface area contributed by atoms with E-state index in [4.69, 9.17) is 11.6 Å². The van der Waals surface area contributed by atoms with E-state index in [9.17, 15) is 4.79 Å². The van der Waals surface area contributed by atoms with E-state index in [-0.39, 0.29) is 11.1 Å². The minimum absolute atomic E-state index is 0.212. The van der Waals surface area contributed by atoms with Crippen molar-refractivity contribution >= 4 is 17.5 Å². The molecule has 0 spiro atoms. The van der Waals surface area contributed by atoms with Crippen molar-refractivity contribution in [2.45, 2.75) is 20.3 Å². The summed E-state index contributed by atoms with van der Waals surface area (Å²) in [6.07, 6.45) is 8.51. The van der Waals surface area contributed by atoms with Crippen LogP contribution in [0.15, 0.2) is 42.1 Å².